The van der Waals surface area contributed by atoms with Gasteiger partial charge in [0.05, 0.1) is 25.4 Å². The molecule has 2 aliphatic rings. The van der Waals surface area contributed by atoms with E-state index in [2.05, 4.69) is 39.8 Å². The molecule has 0 aromatic heterocycles. The lowest BCUT2D eigenvalue weighted by Crippen LogP contribution is -2.42. The van der Waals surface area contributed by atoms with Crippen molar-refractivity contribution in [1.29, 1.82) is 0 Å². The maximum atomic E-state index is 12.4. The number of ether oxygens (including phenoxy) is 2. The Bertz CT molecular complexity index is 1560. The van der Waals surface area contributed by atoms with E-state index in [1.165, 1.54) is 0 Å². The van der Waals surface area contributed by atoms with Gasteiger partial charge in [0.2, 0.25) is 0 Å². The van der Waals surface area contributed by atoms with Crippen LogP contribution in [0.15, 0.2) is 103 Å². The first-order valence-electron chi connectivity index (χ1n) is 16.2. The Labute approximate surface area is 271 Å². The van der Waals surface area contributed by atoms with Crippen LogP contribution in [-0.4, -0.2) is 53.0 Å². The molecule has 4 N–H and O–H groups in total. The minimum atomic E-state index is -0.561. The Morgan fingerprint density at radius 3 is 2.24 bits per heavy atom. The highest BCUT2D eigenvalue weighted by molar-refractivity contribution is 5.74. The maximum Gasteiger partial charge on any atom is 0.315 e. The number of likely N-dealkylation sites (tertiary alicyclic amines) is 1. The molecule has 2 fully saturated rings. The molecule has 0 spiro atoms. The number of aliphatic hydroxyl groups excluding tert-OH is 2. The van der Waals surface area contributed by atoms with Crippen molar-refractivity contribution in [2.75, 3.05) is 19.7 Å². The SMILES string of the molecule is O=C(NCc1ccccc1)NCc1cccc(-c2cccc(C3OC(CN4CCCC4CO)CC(c4ccc(CO)cc4)O3)c2)c1. The normalized spacial score (nSPS) is 21.6. The summed E-state index contributed by atoms with van der Waals surface area (Å²) < 4.78 is 13.2. The van der Waals surface area contributed by atoms with Crippen LogP contribution in [-0.2, 0) is 29.2 Å². The fraction of sp³-hybridized carbons (Fsp3) is 0.342. The standard InChI is InChI=1S/C38H43N3O5/c42-25-28-14-16-30(17-15-28)36-21-35(24-41-18-6-13-34(41)26-43)45-37(46-36)33-12-5-11-32(20-33)31-10-4-9-29(19-31)23-40-38(44)39-22-27-7-2-1-3-8-27/h1-5,7-12,14-17,19-20,34-37,42-43H,6,13,18,21-26H2,(H2,39,40,44). The van der Waals surface area contributed by atoms with Gasteiger partial charge in [-0.1, -0.05) is 91.0 Å². The minimum absolute atomic E-state index is 0.00316. The summed E-state index contributed by atoms with van der Waals surface area (Å²) in [5.41, 5.74) is 6.97. The van der Waals surface area contributed by atoms with Crippen molar-refractivity contribution in [2.24, 2.45) is 0 Å². The number of benzene rings is 4. The second kappa shape index (κ2) is 15.5. The number of nitrogens with zero attached hydrogens (tertiary/aromatic N) is 1. The van der Waals surface area contributed by atoms with E-state index in [-0.39, 0.29) is 37.5 Å². The maximum absolute atomic E-state index is 12.4. The van der Waals surface area contributed by atoms with E-state index < -0.39 is 6.29 Å². The monoisotopic (exact) mass is 621 g/mol. The average Bonchev–Trinajstić information content (AvgIpc) is 3.57. The zero-order chi connectivity index (χ0) is 31.7. The van der Waals surface area contributed by atoms with Crippen LogP contribution in [0, 0.1) is 0 Å². The lowest BCUT2D eigenvalue weighted by atomic mass is 9.98. The summed E-state index contributed by atoms with van der Waals surface area (Å²) in [5.74, 6) is 0. The molecule has 4 aromatic rings. The molecule has 4 unspecified atom stereocenters. The van der Waals surface area contributed by atoms with Crippen molar-refractivity contribution in [3.63, 3.8) is 0 Å². The first kappa shape index (κ1) is 31.9. The van der Waals surface area contributed by atoms with Crippen LogP contribution in [0.5, 0.6) is 0 Å². The summed E-state index contributed by atoms with van der Waals surface area (Å²) in [7, 11) is 0. The summed E-state index contributed by atoms with van der Waals surface area (Å²) in [6, 6.07) is 34.2. The van der Waals surface area contributed by atoms with Gasteiger partial charge in [0, 0.05) is 37.7 Å². The van der Waals surface area contributed by atoms with Crippen LogP contribution in [0.1, 0.15) is 59.5 Å². The smallest absolute Gasteiger partial charge is 0.315 e. The third-order valence-corrected chi connectivity index (χ3v) is 8.93. The van der Waals surface area contributed by atoms with Crippen LogP contribution in [0.25, 0.3) is 11.1 Å². The van der Waals surface area contributed by atoms with Crippen molar-refractivity contribution in [1.82, 2.24) is 15.5 Å². The van der Waals surface area contributed by atoms with Gasteiger partial charge < -0.3 is 30.3 Å². The molecule has 0 radical (unpaired) electrons. The second-order valence-corrected chi connectivity index (χ2v) is 12.2. The van der Waals surface area contributed by atoms with Crippen LogP contribution in [0.3, 0.4) is 0 Å². The first-order valence-corrected chi connectivity index (χ1v) is 16.2. The molecule has 0 saturated carbocycles. The summed E-state index contributed by atoms with van der Waals surface area (Å²) >= 11 is 0. The molecule has 46 heavy (non-hydrogen) atoms. The molecule has 4 atom stereocenters. The van der Waals surface area contributed by atoms with E-state index >= 15 is 0 Å². The van der Waals surface area contributed by atoms with Crippen molar-refractivity contribution in [3.05, 3.63) is 131 Å². The highest BCUT2D eigenvalue weighted by Crippen LogP contribution is 2.39. The molecule has 2 saturated heterocycles. The fourth-order valence-corrected chi connectivity index (χ4v) is 6.39. The molecule has 0 bridgehead atoms. The Morgan fingerprint density at radius 2 is 1.48 bits per heavy atom. The predicted octanol–water partition coefficient (Wildman–Crippen LogP) is 5.85. The fourth-order valence-electron chi connectivity index (χ4n) is 6.39. The Hall–Kier alpha value is -4.05. The molecule has 2 amide bonds. The summed E-state index contributed by atoms with van der Waals surface area (Å²) in [6.07, 6.45) is 1.99. The van der Waals surface area contributed by atoms with E-state index in [4.69, 9.17) is 9.47 Å². The van der Waals surface area contributed by atoms with Gasteiger partial charge in [0.1, 0.15) is 0 Å². The molecular formula is C38H43N3O5. The van der Waals surface area contributed by atoms with Gasteiger partial charge >= 0.3 is 6.03 Å². The lowest BCUT2D eigenvalue weighted by Gasteiger charge is -2.38. The van der Waals surface area contributed by atoms with Gasteiger partial charge in [-0.05, 0) is 64.9 Å². The zero-order valence-corrected chi connectivity index (χ0v) is 26.1. The van der Waals surface area contributed by atoms with Crippen molar-refractivity contribution < 1.29 is 24.5 Å². The number of rotatable bonds is 11. The zero-order valence-electron chi connectivity index (χ0n) is 26.1. The summed E-state index contributed by atoms with van der Waals surface area (Å²) in [6.45, 7) is 2.75. The topological polar surface area (TPSA) is 103 Å². The molecule has 0 aliphatic carbocycles. The van der Waals surface area contributed by atoms with Gasteiger partial charge in [-0.2, -0.15) is 0 Å². The minimum Gasteiger partial charge on any atom is -0.395 e. The van der Waals surface area contributed by atoms with Crippen LogP contribution >= 0.6 is 0 Å². The molecule has 8 nitrogen and oxygen atoms in total. The number of hydrogen-bond donors (Lipinski definition) is 4. The largest absolute Gasteiger partial charge is 0.395 e. The number of carbonyl (C=O) groups is 1. The van der Waals surface area contributed by atoms with Crippen LogP contribution < -0.4 is 10.6 Å². The van der Waals surface area contributed by atoms with Crippen LogP contribution in [0.4, 0.5) is 4.79 Å². The van der Waals surface area contributed by atoms with Gasteiger partial charge in [-0.25, -0.2) is 4.79 Å². The Kier molecular flexibility index (Phi) is 10.7. The number of carbonyl (C=O) groups excluding carboxylic acids is 1. The Balaban J connectivity index is 1.15. The first-order chi connectivity index (χ1) is 22.6. The third-order valence-electron chi connectivity index (χ3n) is 8.93. The molecule has 6 rings (SSSR count). The second-order valence-electron chi connectivity index (χ2n) is 12.2. The van der Waals surface area contributed by atoms with Crippen molar-refractivity contribution >= 4 is 6.03 Å². The van der Waals surface area contributed by atoms with Gasteiger partial charge in [-0.3, -0.25) is 4.90 Å². The number of hydrogen-bond acceptors (Lipinski definition) is 6. The quantitative estimate of drug-likeness (QED) is 0.168. The summed E-state index contributed by atoms with van der Waals surface area (Å²) in [4.78, 5) is 14.8. The van der Waals surface area contributed by atoms with E-state index in [9.17, 15) is 15.0 Å². The predicted molar refractivity (Wildman–Crippen MR) is 177 cm³/mol. The highest BCUT2D eigenvalue weighted by atomic mass is 16.7. The number of nitrogens with one attached hydrogen (secondary N) is 2. The molecular weight excluding hydrogens is 578 g/mol. The molecule has 240 valence electrons. The highest BCUT2D eigenvalue weighted by Gasteiger charge is 2.35. The molecule has 2 aliphatic heterocycles. The number of amides is 2. The molecule has 4 aromatic carbocycles. The molecule has 8 heteroatoms. The van der Waals surface area contributed by atoms with Gasteiger partial charge in [0.25, 0.3) is 0 Å². The molecule has 2 heterocycles. The van der Waals surface area contributed by atoms with Crippen molar-refractivity contribution in [2.45, 2.75) is 63.5 Å². The van der Waals surface area contributed by atoms with Gasteiger partial charge in [-0.15, -0.1) is 0 Å². The summed E-state index contributed by atoms with van der Waals surface area (Å²) in [5, 5.41) is 25.3. The number of urea groups is 1. The van der Waals surface area contributed by atoms with E-state index in [0.717, 1.165) is 64.9 Å². The number of aliphatic hydroxyl groups is 2. The van der Waals surface area contributed by atoms with Gasteiger partial charge in [0.15, 0.2) is 6.29 Å². The van der Waals surface area contributed by atoms with E-state index in [0.29, 0.717) is 19.5 Å². The van der Waals surface area contributed by atoms with Crippen molar-refractivity contribution in [3.8, 4) is 11.1 Å². The lowest BCUT2D eigenvalue weighted by molar-refractivity contribution is -0.253. The third kappa shape index (κ3) is 8.20. The van der Waals surface area contributed by atoms with E-state index in [1.54, 1.807) is 0 Å². The van der Waals surface area contributed by atoms with Crippen LogP contribution in [0.2, 0.25) is 0 Å². The van der Waals surface area contributed by atoms with E-state index in [1.807, 2.05) is 78.9 Å². The average molecular weight is 622 g/mol. The Morgan fingerprint density at radius 1 is 0.761 bits per heavy atom.